The number of unbranched alkanes of at least 4 members (excludes halogenated alkanes) is 36. The highest BCUT2D eigenvalue weighted by Crippen LogP contribution is 2.17. The van der Waals surface area contributed by atoms with Crippen molar-refractivity contribution in [2.75, 3.05) is 13.2 Å². The van der Waals surface area contributed by atoms with E-state index in [2.05, 4.69) is 69.4 Å². The van der Waals surface area contributed by atoms with Crippen LogP contribution in [0.1, 0.15) is 316 Å². The lowest BCUT2D eigenvalue weighted by Gasteiger charge is -2.18. The lowest BCUT2D eigenvalue weighted by molar-refractivity contribution is -0.167. The standard InChI is InChI=1S/C63H114O6/c1-4-7-10-13-16-19-22-25-28-30-32-35-38-41-44-47-50-53-56-62(65)68-59-60(58-67-61(64)55-52-49-46-43-40-37-34-27-24-21-18-15-12-9-6-3)69-63(66)57-54-51-48-45-42-39-36-33-31-29-26-23-20-17-14-11-8-5-2/h9,12,18,21,27,34,40,43,60H,4-8,10-11,13-17,19-20,22-26,28-33,35-39,41-42,44-59H2,1-3H3/b12-9-,21-18-,34-27-,43-40-/t60-/m1/s1. The van der Waals surface area contributed by atoms with Crippen LogP contribution in [0.3, 0.4) is 0 Å². The predicted molar refractivity (Wildman–Crippen MR) is 298 cm³/mol. The zero-order valence-electron chi connectivity index (χ0n) is 46.1. The molecule has 0 aliphatic rings. The van der Waals surface area contributed by atoms with E-state index in [1.165, 1.54) is 193 Å². The van der Waals surface area contributed by atoms with Crippen LogP contribution in [0.25, 0.3) is 0 Å². The number of carbonyl (C=O) groups excluding carboxylic acids is 3. The zero-order valence-corrected chi connectivity index (χ0v) is 46.1. The van der Waals surface area contributed by atoms with Gasteiger partial charge in [-0.2, -0.15) is 0 Å². The van der Waals surface area contributed by atoms with E-state index < -0.39 is 6.10 Å². The zero-order chi connectivity index (χ0) is 50.0. The molecule has 0 fully saturated rings. The molecule has 0 amide bonds. The molecule has 6 nitrogen and oxygen atoms in total. The highest BCUT2D eigenvalue weighted by molar-refractivity contribution is 5.71. The number of hydrogen-bond acceptors (Lipinski definition) is 6. The SMILES string of the molecule is CC/C=C\C/C=C\C/C=C\C/C=C\CCCCC(=O)OC[C@H](COC(=O)CCCCCCCCCCCCCCCCCCCC)OC(=O)CCCCCCCCCCCCCCCCCCCC. The van der Waals surface area contributed by atoms with Gasteiger partial charge in [-0.25, -0.2) is 0 Å². The van der Waals surface area contributed by atoms with Gasteiger partial charge in [-0.15, -0.1) is 0 Å². The molecule has 0 N–H and O–H groups in total. The van der Waals surface area contributed by atoms with Crippen LogP contribution < -0.4 is 0 Å². The first-order chi connectivity index (χ1) is 34.0. The van der Waals surface area contributed by atoms with E-state index in [9.17, 15) is 14.4 Å². The quantitative estimate of drug-likeness (QED) is 0.0262. The van der Waals surface area contributed by atoms with E-state index >= 15 is 0 Å². The van der Waals surface area contributed by atoms with Crippen LogP contribution in [-0.4, -0.2) is 37.2 Å². The second-order valence-electron chi connectivity index (χ2n) is 20.2. The average molecular weight is 968 g/mol. The van der Waals surface area contributed by atoms with Crippen molar-refractivity contribution in [3.8, 4) is 0 Å². The number of hydrogen-bond donors (Lipinski definition) is 0. The molecule has 0 heterocycles. The lowest BCUT2D eigenvalue weighted by atomic mass is 10.0. The van der Waals surface area contributed by atoms with Crippen LogP contribution in [-0.2, 0) is 28.6 Å². The summed E-state index contributed by atoms with van der Waals surface area (Å²) in [5.74, 6) is -0.905. The maximum Gasteiger partial charge on any atom is 0.306 e. The van der Waals surface area contributed by atoms with Crippen LogP contribution >= 0.6 is 0 Å². The molecule has 0 aromatic heterocycles. The Bertz CT molecular complexity index is 1200. The summed E-state index contributed by atoms with van der Waals surface area (Å²) in [7, 11) is 0. The molecule has 69 heavy (non-hydrogen) atoms. The first-order valence-electron chi connectivity index (χ1n) is 30.1. The van der Waals surface area contributed by atoms with Crippen LogP contribution in [0, 0.1) is 0 Å². The van der Waals surface area contributed by atoms with Crippen LogP contribution in [0.2, 0.25) is 0 Å². The van der Waals surface area contributed by atoms with Gasteiger partial charge in [0.25, 0.3) is 0 Å². The van der Waals surface area contributed by atoms with E-state index in [1.807, 2.05) is 0 Å². The van der Waals surface area contributed by atoms with Crippen molar-refractivity contribution in [2.24, 2.45) is 0 Å². The van der Waals surface area contributed by atoms with Crippen LogP contribution in [0.4, 0.5) is 0 Å². The monoisotopic (exact) mass is 967 g/mol. The second kappa shape index (κ2) is 57.9. The molecule has 0 unspecified atom stereocenters. The molecule has 0 bridgehead atoms. The van der Waals surface area contributed by atoms with E-state index in [0.29, 0.717) is 19.3 Å². The lowest BCUT2D eigenvalue weighted by Crippen LogP contribution is -2.30. The number of ether oxygens (including phenoxy) is 3. The molecule has 0 radical (unpaired) electrons. The van der Waals surface area contributed by atoms with Gasteiger partial charge in [0.05, 0.1) is 0 Å². The number of carbonyl (C=O) groups is 3. The van der Waals surface area contributed by atoms with Crippen molar-refractivity contribution in [2.45, 2.75) is 322 Å². The summed E-state index contributed by atoms with van der Waals surface area (Å²) in [6.07, 6.45) is 71.1. The highest BCUT2D eigenvalue weighted by atomic mass is 16.6. The van der Waals surface area contributed by atoms with Crippen molar-refractivity contribution in [1.82, 2.24) is 0 Å². The predicted octanol–water partition coefficient (Wildman–Crippen LogP) is 20.2. The van der Waals surface area contributed by atoms with E-state index in [1.54, 1.807) is 0 Å². The Morgan fingerprint density at radius 2 is 0.565 bits per heavy atom. The van der Waals surface area contributed by atoms with Gasteiger partial charge in [0.2, 0.25) is 0 Å². The molecule has 0 rings (SSSR count). The fourth-order valence-corrected chi connectivity index (χ4v) is 8.85. The molecule has 0 saturated heterocycles. The minimum atomic E-state index is -0.786. The Labute approximate surface area is 428 Å². The Balaban J connectivity index is 4.37. The van der Waals surface area contributed by atoms with Crippen molar-refractivity contribution in [3.05, 3.63) is 48.6 Å². The molecule has 0 aromatic rings. The molecule has 0 aromatic carbocycles. The fourth-order valence-electron chi connectivity index (χ4n) is 8.85. The van der Waals surface area contributed by atoms with Gasteiger partial charge in [0, 0.05) is 19.3 Å². The van der Waals surface area contributed by atoms with Gasteiger partial charge in [0.15, 0.2) is 6.10 Å². The third-order valence-electron chi connectivity index (χ3n) is 13.3. The van der Waals surface area contributed by atoms with E-state index in [-0.39, 0.29) is 31.1 Å². The molecule has 0 aliphatic heterocycles. The first kappa shape index (κ1) is 66.4. The molecule has 6 heteroatoms. The second-order valence-corrected chi connectivity index (χ2v) is 20.2. The van der Waals surface area contributed by atoms with Crippen LogP contribution in [0.5, 0.6) is 0 Å². The third kappa shape index (κ3) is 56.2. The summed E-state index contributed by atoms with van der Waals surface area (Å²) >= 11 is 0. The van der Waals surface area contributed by atoms with Gasteiger partial charge in [-0.1, -0.05) is 288 Å². The largest absolute Gasteiger partial charge is 0.462 e. The number of esters is 3. The van der Waals surface area contributed by atoms with Gasteiger partial charge >= 0.3 is 17.9 Å². The third-order valence-corrected chi connectivity index (χ3v) is 13.3. The Kier molecular flexibility index (Phi) is 55.7. The first-order valence-corrected chi connectivity index (χ1v) is 30.1. The number of allylic oxidation sites excluding steroid dienone is 8. The van der Waals surface area contributed by atoms with Crippen molar-refractivity contribution >= 4 is 17.9 Å². The maximum atomic E-state index is 12.9. The molecule has 402 valence electrons. The molecule has 0 saturated carbocycles. The van der Waals surface area contributed by atoms with Crippen molar-refractivity contribution < 1.29 is 28.6 Å². The Morgan fingerprint density at radius 3 is 0.884 bits per heavy atom. The summed E-state index contributed by atoms with van der Waals surface area (Å²) in [5.41, 5.74) is 0. The summed E-state index contributed by atoms with van der Waals surface area (Å²) in [6.45, 7) is 6.54. The molecule has 1 atom stereocenters. The van der Waals surface area contributed by atoms with Gasteiger partial charge < -0.3 is 14.2 Å². The maximum absolute atomic E-state index is 12.9. The van der Waals surface area contributed by atoms with Crippen LogP contribution in [0.15, 0.2) is 48.6 Å². The molecular weight excluding hydrogens is 853 g/mol. The van der Waals surface area contributed by atoms with E-state index in [0.717, 1.165) is 83.5 Å². The minimum absolute atomic E-state index is 0.0815. The highest BCUT2D eigenvalue weighted by Gasteiger charge is 2.19. The topological polar surface area (TPSA) is 78.9 Å². The summed E-state index contributed by atoms with van der Waals surface area (Å²) in [6, 6.07) is 0. The molecule has 0 spiro atoms. The molecule has 0 aliphatic carbocycles. The van der Waals surface area contributed by atoms with Gasteiger partial charge in [-0.05, 0) is 57.8 Å². The smallest absolute Gasteiger partial charge is 0.306 e. The van der Waals surface area contributed by atoms with Crippen molar-refractivity contribution in [1.29, 1.82) is 0 Å². The minimum Gasteiger partial charge on any atom is -0.462 e. The van der Waals surface area contributed by atoms with Crippen molar-refractivity contribution in [3.63, 3.8) is 0 Å². The summed E-state index contributed by atoms with van der Waals surface area (Å²) in [5, 5.41) is 0. The Morgan fingerprint density at radius 1 is 0.304 bits per heavy atom. The average Bonchev–Trinajstić information content (AvgIpc) is 3.35. The number of rotatable bonds is 55. The van der Waals surface area contributed by atoms with Gasteiger partial charge in [-0.3, -0.25) is 14.4 Å². The summed E-state index contributed by atoms with van der Waals surface area (Å²) in [4.78, 5) is 38.2. The van der Waals surface area contributed by atoms with Gasteiger partial charge in [0.1, 0.15) is 13.2 Å². The Hall–Kier alpha value is -2.63. The fraction of sp³-hybridized carbons (Fsp3) is 0.825. The molecular formula is C63H114O6. The van der Waals surface area contributed by atoms with E-state index in [4.69, 9.17) is 14.2 Å². The summed E-state index contributed by atoms with van der Waals surface area (Å²) < 4.78 is 16.9. The normalized spacial score (nSPS) is 12.3.